The van der Waals surface area contributed by atoms with Gasteiger partial charge in [0.05, 0.1) is 12.7 Å². The number of carbonyl (C=O) groups excluding carboxylic acids is 2. The van der Waals surface area contributed by atoms with Gasteiger partial charge in [-0.3, -0.25) is 4.79 Å². The number of furan rings is 1. The number of benzene rings is 1. The monoisotopic (exact) mass is 413 g/mol. The van der Waals surface area contributed by atoms with E-state index in [1.165, 1.54) is 24.0 Å². The minimum absolute atomic E-state index is 0.142. The number of hydrogen-bond acceptors (Lipinski definition) is 6. The summed E-state index contributed by atoms with van der Waals surface area (Å²) in [5.74, 6) is 0.478. The second kappa shape index (κ2) is 9.43. The standard InChI is InChI=1S/C22H23NO5S/c1-4-5-15-6-8-16(9-7-15)27-13-17-10-11-19(28-17)20(24)23-21-18(22(25)26-3)12-14(2)29-21/h6-12H,4-5,13H2,1-3H3,(H,23,24). The van der Waals surface area contributed by atoms with Crippen LogP contribution >= 0.6 is 11.3 Å². The molecule has 2 aromatic heterocycles. The normalized spacial score (nSPS) is 10.6. The van der Waals surface area contributed by atoms with E-state index in [0.29, 0.717) is 16.3 Å². The molecule has 0 aliphatic rings. The van der Waals surface area contributed by atoms with Crippen LogP contribution in [0.25, 0.3) is 0 Å². The molecule has 29 heavy (non-hydrogen) atoms. The van der Waals surface area contributed by atoms with Gasteiger partial charge in [0.1, 0.15) is 23.1 Å². The van der Waals surface area contributed by atoms with Gasteiger partial charge in [0.15, 0.2) is 5.76 Å². The van der Waals surface area contributed by atoms with Crippen molar-refractivity contribution in [3.05, 3.63) is 70.0 Å². The molecule has 0 aliphatic carbocycles. The first-order valence-electron chi connectivity index (χ1n) is 9.30. The molecule has 3 rings (SSSR count). The SMILES string of the molecule is CCCc1ccc(OCc2ccc(C(=O)Nc3sc(C)cc3C(=O)OC)o2)cc1. The van der Waals surface area contributed by atoms with Gasteiger partial charge in [-0.25, -0.2) is 4.79 Å². The van der Waals surface area contributed by atoms with E-state index in [1.807, 2.05) is 31.2 Å². The van der Waals surface area contributed by atoms with Gasteiger partial charge >= 0.3 is 5.97 Å². The molecule has 0 saturated heterocycles. The van der Waals surface area contributed by atoms with Gasteiger partial charge in [-0.15, -0.1) is 11.3 Å². The molecule has 0 fully saturated rings. The molecule has 0 aliphatic heterocycles. The molecule has 2 heterocycles. The Morgan fingerprint density at radius 1 is 1.14 bits per heavy atom. The lowest BCUT2D eigenvalue weighted by Gasteiger charge is -2.06. The lowest BCUT2D eigenvalue weighted by atomic mass is 10.1. The first kappa shape index (κ1) is 20.7. The Balaban J connectivity index is 1.61. The maximum atomic E-state index is 12.5. The summed E-state index contributed by atoms with van der Waals surface area (Å²) in [7, 11) is 1.30. The smallest absolute Gasteiger partial charge is 0.340 e. The van der Waals surface area contributed by atoms with E-state index >= 15 is 0 Å². The van der Waals surface area contributed by atoms with Crippen LogP contribution in [-0.2, 0) is 17.8 Å². The average molecular weight is 413 g/mol. The molecular formula is C22H23NO5S. The van der Waals surface area contributed by atoms with Crippen molar-refractivity contribution in [2.45, 2.75) is 33.3 Å². The maximum absolute atomic E-state index is 12.5. The zero-order valence-corrected chi connectivity index (χ0v) is 17.4. The summed E-state index contributed by atoms with van der Waals surface area (Å²) in [6.07, 6.45) is 2.14. The second-order valence-electron chi connectivity index (χ2n) is 6.49. The van der Waals surface area contributed by atoms with Gasteiger partial charge in [0, 0.05) is 4.88 Å². The predicted octanol–water partition coefficient (Wildman–Crippen LogP) is 5.22. The van der Waals surface area contributed by atoms with Gasteiger partial charge < -0.3 is 19.2 Å². The van der Waals surface area contributed by atoms with Gasteiger partial charge in [0.25, 0.3) is 5.91 Å². The molecule has 1 amide bonds. The second-order valence-corrected chi connectivity index (χ2v) is 7.75. The van der Waals surface area contributed by atoms with Crippen molar-refractivity contribution in [1.29, 1.82) is 0 Å². The Morgan fingerprint density at radius 3 is 2.59 bits per heavy atom. The number of ether oxygens (including phenoxy) is 2. The molecule has 0 radical (unpaired) electrons. The summed E-state index contributed by atoms with van der Waals surface area (Å²) in [4.78, 5) is 25.2. The number of amides is 1. The number of esters is 1. The third kappa shape index (κ3) is 5.26. The Bertz CT molecular complexity index is 987. The number of rotatable bonds is 8. The van der Waals surface area contributed by atoms with E-state index < -0.39 is 11.9 Å². The first-order valence-corrected chi connectivity index (χ1v) is 10.1. The minimum atomic E-state index is -0.497. The Kier molecular flexibility index (Phi) is 6.72. The Hall–Kier alpha value is -3.06. The van der Waals surface area contributed by atoms with Crippen LogP contribution < -0.4 is 10.1 Å². The molecule has 0 atom stereocenters. The molecule has 1 N–H and O–H groups in total. The lowest BCUT2D eigenvalue weighted by molar-refractivity contribution is 0.0602. The Labute approximate surface area is 173 Å². The maximum Gasteiger partial charge on any atom is 0.340 e. The quantitative estimate of drug-likeness (QED) is 0.512. The fraction of sp³-hybridized carbons (Fsp3) is 0.273. The highest BCUT2D eigenvalue weighted by Gasteiger charge is 2.19. The molecular weight excluding hydrogens is 390 g/mol. The Morgan fingerprint density at radius 2 is 1.90 bits per heavy atom. The number of aryl methyl sites for hydroxylation is 2. The third-order valence-electron chi connectivity index (χ3n) is 4.22. The lowest BCUT2D eigenvalue weighted by Crippen LogP contribution is -2.13. The van der Waals surface area contributed by atoms with E-state index in [9.17, 15) is 9.59 Å². The van der Waals surface area contributed by atoms with Crippen LogP contribution in [0.5, 0.6) is 5.75 Å². The zero-order chi connectivity index (χ0) is 20.8. The van der Waals surface area contributed by atoms with Crippen molar-refractivity contribution in [2.75, 3.05) is 12.4 Å². The van der Waals surface area contributed by atoms with E-state index in [1.54, 1.807) is 18.2 Å². The van der Waals surface area contributed by atoms with E-state index in [-0.39, 0.29) is 12.4 Å². The van der Waals surface area contributed by atoms with Crippen molar-refractivity contribution in [3.8, 4) is 5.75 Å². The molecule has 1 aromatic carbocycles. The molecule has 6 nitrogen and oxygen atoms in total. The van der Waals surface area contributed by atoms with Crippen molar-refractivity contribution in [1.82, 2.24) is 0 Å². The largest absolute Gasteiger partial charge is 0.486 e. The fourth-order valence-corrected chi connectivity index (χ4v) is 3.70. The molecule has 0 spiro atoms. The van der Waals surface area contributed by atoms with Gasteiger partial charge in [0.2, 0.25) is 0 Å². The first-order chi connectivity index (χ1) is 14.0. The van der Waals surface area contributed by atoms with Gasteiger partial charge in [-0.05, 0) is 49.2 Å². The van der Waals surface area contributed by atoms with Crippen molar-refractivity contribution in [2.24, 2.45) is 0 Å². The van der Waals surface area contributed by atoms with E-state index in [4.69, 9.17) is 13.9 Å². The molecule has 7 heteroatoms. The van der Waals surface area contributed by atoms with Crippen molar-refractivity contribution >= 4 is 28.2 Å². The van der Waals surface area contributed by atoms with Crippen LogP contribution in [0.2, 0.25) is 0 Å². The van der Waals surface area contributed by atoms with Gasteiger partial charge in [-0.1, -0.05) is 25.5 Å². The summed E-state index contributed by atoms with van der Waals surface area (Å²) in [6.45, 7) is 4.21. The number of thiophene rings is 1. The number of carbonyl (C=O) groups is 2. The number of hydrogen-bond donors (Lipinski definition) is 1. The highest BCUT2D eigenvalue weighted by molar-refractivity contribution is 7.16. The topological polar surface area (TPSA) is 77.8 Å². The van der Waals surface area contributed by atoms with Crippen molar-refractivity contribution in [3.63, 3.8) is 0 Å². The summed E-state index contributed by atoms with van der Waals surface area (Å²) in [5, 5.41) is 3.14. The van der Waals surface area contributed by atoms with Crippen LogP contribution in [0.4, 0.5) is 5.00 Å². The highest BCUT2D eigenvalue weighted by Crippen LogP contribution is 2.29. The van der Waals surface area contributed by atoms with Crippen LogP contribution in [0.1, 0.15) is 50.5 Å². The molecule has 152 valence electrons. The third-order valence-corrected chi connectivity index (χ3v) is 5.18. The number of nitrogens with one attached hydrogen (secondary N) is 1. The summed E-state index contributed by atoms with van der Waals surface area (Å²) in [6, 6.07) is 12.9. The molecule has 0 saturated carbocycles. The van der Waals surface area contributed by atoms with E-state index in [0.717, 1.165) is 23.5 Å². The summed E-state index contributed by atoms with van der Waals surface area (Å²) in [5.41, 5.74) is 1.59. The van der Waals surface area contributed by atoms with Gasteiger partial charge in [-0.2, -0.15) is 0 Å². The van der Waals surface area contributed by atoms with Crippen molar-refractivity contribution < 1.29 is 23.5 Å². The van der Waals surface area contributed by atoms with E-state index in [2.05, 4.69) is 12.2 Å². The summed E-state index contributed by atoms with van der Waals surface area (Å²) >= 11 is 1.30. The minimum Gasteiger partial charge on any atom is -0.486 e. The molecule has 0 unspecified atom stereocenters. The zero-order valence-electron chi connectivity index (χ0n) is 16.6. The van der Waals surface area contributed by atoms with Crippen LogP contribution in [-0.4, -0.2) is 19.0 Å². The fourth-order valence-electron chi connectivity index (χ4n) is 2.81. The van der Waals surface area contributed by atoms with Crippen LogP contribution in [0.15, 0.2) is 46.9 Å². The number of methoxy groups -OCH3 is 1. The predicted molar refractivity (Wildman–Crippen MR) is 112 cm³/mol. The molecule has 3 aromatic rings. The molecule has 0 bridgehead atoms. The number of anilines is 1. The van der Waals surface area contributed by atoms with Crippen LogP contribution in [0.3, 0.4) is 0 Å². The summed E-state index contributed by atoms with van der Waals surface area (Å²) < 4.78 is 16.1. The highest BCUT2D eigenvalue weighted by atomic mass is 32.1. The average Bonchev–Trinajstić information content (AvgIpc) is 3.34. The van der Waals surface area contributed by atoms with Crippen LogP contribution in [0, 0.1) is 6.92 Å².